The highest BCUT2D eigenvalue weighted by molar-refractivity contribution is 5.69. The summed E-state index contributed by atoms with van der Waals surface area (Å²) in [5.41, 5.74) is 5.88. The predicted octanol–water partition coefficient (Wildman–Crippen LogP) is 5.03. The first-order valence-electron chi connectivity index (χ1n) is 12.0. The van der Waals surface area contributed by atoms with Crippen LogP contribution in [0.1, 0.15) is 110 Å². The Morgan fingerprint density at radius 1 is 0.897 bits per heavy atom. The highest BCUT2D eigenvalue weighted by Crippen LogP contribution is 2.12. The van der Waals surface area contributed by atoms with E-state index in [1.807, 2.05) is 6.08 Å². The van der Waals surface area contributed by atoms with Crippen LogP contribution in [-0.2, 0) is 9.53 Å². The van der Waals surface area contributed by atoms with E-state index in [0.29, 0.717) is 19.3 Å². The summed E-state index contributed by atoms with van der Waals surface area (Å²) >= 11 is 0. The highest BCUT2D eigenvalue weighted by atomic mass is 16.5. The average Bonchev–Trinajstić information content (AvgIpc) is 2.72. The van der Waals surface area contributed by atoms with Crippen LogP contribution in [0.25, 0.3) is 0 Å². The van der Waals surface area contributed by atoms with Gasteiger partial charge < -0.3 is 20.7 Å². The Morgan fingerprint density at radius 2 is 1.45 bits per heavy atom. The van der Waals surface area contributed by atoms with Crippen molar-refractivity contribution in [3.05, 3.63) is 12.2 Å². The summed E-state index contributed by atoms with van der Waals surface area (Å²) in [4.78, 5) is 11.6. The van der Waals surface area contributed by atoms with Crippen molar-refractivity contribution in [3.8, 4) is 0 Å². The third-order valence-electron chi connectivity index (χ3n) is 5.22. The molecular formula is C24H47NO4. The van der Waals surface area contributed by atoms with Crippen molar-refractivity contribution >= 4 is 5.97 Å². The summed E-state index contributed by atoms with van der Waals surface area (Å²) in [7, 11) is 0. The lowest BCUT2D eigenvalue weighted by Gasteiger charge is -2.15. The molecule has 2 atom stereocenters. The van der Waals surface area contributed by atoms with Crippen LogP contribution < -0.4 is 5.73 Å². The van der Waals surface area contributed by atoms with Gasteiger partial charge in [-0.05, 0) is 25.7 Å². The van der Waals surface area contributed by atoms with Crippen LogP contribution in [0.4, 0.5) is 0 Å². The van der Waals surface area contributed by atoms with Crippen molar-refractivity contribution < 1.29 is 19.7 Å². The molecular weight excluding hydrogens is 366 g/mol. The standard InChI is InChI=1S/C24H47NO4/c1-2-3-4-5-6-7-8-9-10-11-12-13-15-18-23(27)22(25)21-29-24(28)19-16-14-17-20-26/h15,18,22-23,26-27H,2-14,16-17,19-21,25H2,1H3/b18-15+. The second-order valence-corrected chi connectivity index (χ2v) is 8.12. The summed E-state index contributed by atoms with van der Waals surface area (Å²) < 4.78 is 5.10. The zero-order valence-corrected chi connectivity index (χ0v) is 18.8. The molecule has 4 N–H and O–H groups in total. The topological polar surface area (TPSA) is 92.8 Å². The maximum absolute atomic E-state index is 11.6. The third-order valence-corrected chi connectivity index (χ3v) is 5.22. The number of unbranched alkanes of at least 4 members (excludes halogenated alkanes) is 13. The highest BCUT2D eigenvalue weighted by Gasteiger charge is 2.14. The first-order valence-corrected chi connectivity index (χ1v) is 12.0. The lowest BCUT2D eigenvalue weighted by atomic mass is 10.0. The van der Waals surface area contributed by atoms with Gasteiger partial charge in [-0.1, -0.05) is 89.7 Å². The van der Waals surface area contributed by atoms with Crippen LogP contribution in [0.5, 0.6) is 0 Å². The lowest BCUT2D eigenvalue weighted by molar-refractivity contribution is -0.144. The predicted molar refractivity (Wildman–Crippen MR) is 121 cm³/mol. The van der Waals surface area contributed by atoms with Crippen molar-refractivity contribution in [2.75, 3.05) is 13.2 Å². The molecule has 0 amide bonds. The van der Waals surface area contributed by atoms with Gasteiger partial charge in [0.2, 0.25) is 0 Å². The van der Waals surface area contributed by atoms with E-state index in [0.717, 1.165) is 19.3 Å². The Morgan fingerprint density at radius 3 is 2.03 bits per heavy atom. The largest absolute Gasteiger partial charge is 0.464 e. The number of esters is 1. The molecule has 2 unspecified atom stereocenters. The van der Waals surface area contributed by atoms with E-state index < -0.39 is 12.1 Å². The monoisotopic (exact) mass is 413 g/mol. The van der Waals surface area contributed by atoms with Crippen molar-refractivity contribution in [3.63, 3.8) is 0 Å². The van der Waals surface area contributed by atoms with Crippen LogP contribution in [-0.4, -0.2) is 41.5 Å². The molecule has 0 rings (SSSR count). The molecule has 172 valence electrons. The Hall–Kier alpha value is -0.910. The normalized spacial score (nSPS) is 13.7. The van der Waals surface area contributed by atoms with Gasteiger partial charge in [0.1, 0.15) is 6.61 Å². The quantitative estimate of drug-likeness (QED) is 0.139. The number of aliphatic hydroxyl groups excluding tert-OH is 2. The zero-order chi connectivity index (χ0) is 21.6. The first-order chi connectivity index (χ1) is 14.1. The molecule has 0 aliphatic heterocycles. The minimum atomic E-state index is -0.787. The maximum atomic E-state index is 11.6. The van der Waals surface area contributed by atoms with Crippen molar-refractivity contribution in [1.29, 1.82) is 0 Å². The maximum Gasteiger partial charge on any atom is 0.305 e. The van der Waals surface area contributed by atoms with Gasteiger partial charge in [-0.15, -0.1) is 0 Å². The molecule has 0 bridgehead atoms. The van der Waals surface area contributed by atoms with Crippen molar-refractivity contribution in [2.24, 2.45) is 5.73 Å². The number of hydrogen-bond donors (Lipinski definition) is 3. The van der Waals surface area contributed by atoms with E-state index in [-0.39, 0.29) is 19.2 Å². The molecule has 5 heteroatoms. The Balaban J connectivity index is 3.52. The Kier molecular flexibility index (Phi) is 21.1. The fraction of sp³-hybridized carbons (Fsp3) is 0.875. The summed E-state index contributed by atoms with van der Waals surface area (Å²) in [6.07, 6.45) is 21.0. The number of nitrogens with two attached hydrogens (primary N) is 1. The number of rotatable bonds is 21. The van der Waals surface area contributed by atoms with Gasteiger partial charge in [0, 0.05) is 13.0 Å². The van der Waals surface area contributed by atoms with Crippen LogP contribution in [0, 0.1) is 0 Å². The minimum absolute atomic E-state index is 0.0305. The van der Waals surface area contributed by atoms with E-state index in [1.54, 1.807) is 6.08 Å². The number of allylic oxidation sites excluding steroid dienone is 1. The minimum Gasteiger partial charge on any atom is -0.464 e. The SMILES string of the molecule is CCCCCCCCCCCCC/C=C/C(O)C(N)COC(=O)CCCCCO. The smallest absolute Gasteiger partial charge is 0.305 e. The number of aliphatic hydroxyl groups is 2. The van der Waals surface area contributed by atoms with Gasteiger partial charge in [-0.3, -0.25) is 4.79 Å². The molecule has 0 aliphatic carbocycles. The molecule has 0 aromatic heterocycles. The van der Waals surface area contributed by atoms with Gasteiger partial charge >= 0.3 is 5.97 Å². The fourth-order valence-electron chi connectivity index (χ4n) is 3.22. The molecule has 29 heavy (non-hydrogen) atoms. The molecule has 0 aliphatic rings. The van der Waals surface area contributed by atoms with E-state index in [1.165, 1.54) is 64.2 Å². The van der Waals surface area contributed by atoms with Crippen LogP contribution in [0.15, 0.2) is 12.2 Å². The van der Waals surface area contributed by atoms with Gasteiger partial charge in [0.15, 0.2) is 0 Å². The molecule has 5 nitrogen and oxygen atoms in total. The number of carbonyl (C=O) groups is 1. The molecule has 0 saturated carbocycles. The van der Waals surface area contributed by atoms with Gasteiger partial charge in [-0.25, -0.2) is 0 Å². The van der Waals surface area contributed by atoms with Gasteiger partial charge in [0.25, 0.3) is 0 Å². The number of carbonyl (C=O) groups excluding carboxylic acids is 1. The second-order valence-electron chi connectivity index (χ2n) is 8.12. The molecule has 0 fully saturated rings. The van der Waals surface area contributed by atoms with E-state index in [9.17, 15) is 9.90 Å². The Bertz CT molecular complexity index is 387. The van der Waals surface area contributed by atoms with Crippen LogP contribution in [0.2, 0.25) is 0 Å². The van der Waals surface area contributed by atoms with Crippen molar-refractivity contribution in [2.45, 2.75) is 122 Å². The Labute approximate surface area is 179 Å². The van der Waals surface area contributed by atoms with Crippen LogP contribution >= 0.6 is 0 Å². The summed E-state index contributed by atoms with van der Waals surface area (Å²) in [6.45, 7) is 2.44. The van der Waals surface area contributed by atoms with Crippen LogP contribution in [0.3, 0.4) is 0 Å². The summed E-state index contributed by atoms with van der Waals surface area (Å²) in [5, 5.41) is 18.7. The molecule has 0 radical (unpaired) electrons. The first kappa shape index (κ1) is 28.1. The summed E-state index contributed by atoms with van der Waals surface area (Å²) in [6, 6.07) is -0.593. The van der Waals surface area contributed by atoms with E-state index in [2.05, 4.69) is 6.92 Å². The lowest BCUT2D eigenvalue weighted by Crippen LogP contribution is -2.38. The van der Waals surface area contributed by atoms with Crippen molar-refractivity contribution in [1.82, 2.24) is 0 Å². The second kappa shape index (κ2) is 21.8. The fourth-order valence-corrected chi connectivity index (χ4v) is 3.22. The molecule has 0 aromatic carbocycles. The summed E-state index contributed by atoms with van der Waals surface area (Å²) in [5.74, 6) is -0.296. The van der Waals surface area contributed by atoms with E-state index >= 15 is 0 Å². The number of ether oxygens (including phenoxy) is 1. The number of hydrogen-bond acceptors (Lipinski definition) is 5. The van der Waals surface area contributed by atoms with Gasteiger partial charge in [-0.2, -0.15) is 0 Å². The molecule has 0 spiro atoms. The molecule has 0 heterocycles. The zero-order valence-electron chi connectivity index (χ0n) is 18.8. The molecule has 0 saturated heterocycles. The van der Waals surface area contributed by atoms with Gasteiger partial charge in [0.05, 0.1) is 12.1 Å². The third kappa shape index (κ3) is 20.2. The average molecular weight is 414 g/mol. The van der Waals surface area contributed by atoms with E-state index in [4.69, 9.17) is 15.6 Å². The molecule has 0 aromatic rings.